The topological polar surface area (TPSA) is 41.5 Å². The van der Waals surface area contributed by atoms with Crippen molar-refractivity contribution >= 4 is 5.82 Å². The van der Waals surface area contributed by atoms with E-state index in [9.17, 15) is 0 Å². The van der Waals surface area contributed by atoms with Crippen molar-refractivity contribution in [2.75, 3.05) is 38.7 Å². The molecule has 1 unspecified atom stereocenters. The van der Waals surface area contributed by atoms with E-state index in [4.69, 9.17) is 9.72 Å². The van der Waals surface area contributed by atoms with Gasteiger partial charge in [-0.05, 0) is 36.2 Å². The van der Waals surface area contributed by atoms with Crippen molar-refractivity contribution in [2.24, 2.45) is 0 Å². The molecule has 156 valence electrons. The Bertz CT molecular complexity index is 988. The second kappa shape index (κ2) is 9.37. The Labute approximate surface area is 179 Å². The molecule has 1 saturated heterocycles. The lowest BCUT2D eigenvalue weighted by atomic mass is 10.0. The fraction of sp³-hybridized carbons (Fsp3) is 0.360. The maximum atomic E-state index is 6.11. The highest BCUT2D eigenvalue weighted by molar-refractivity contribution is 5.45. The molecule has 1 aliphatic heterocycles. The first-order valence-corrected chi connectivity index (χ1v) is 10.6. The van der Waals surface area contributed by atoms with E-state index in [1.807, 2.05) is 26.4 Å². The van der Waals surface area contributed by atoms with Crippen LogP contribution in [-0.4, -0.2) is 48.7 Å². The molecule has 1 aliphatic rings. The largest absolute Gasteiger partial charge is 0.369 e. The highest BCUT2D eigenvalue weighted by Crippen LogP contribution is 2.25. The average Bonchev–Trinajstić information content (AvgIpc) is 2.76. The quantitative estimate of drug-likeness (QED) is 0.623. The molecule has 1 aromatic carbocycles. The van der Waals surface area contributed by atoms with E-state index >= 15 is 0 Å². The molecular formula is C25H30N4O. The van der Waals surface area contributed by atoms with Gasteiger partial charge in [0.2, 0.25) is 0 Å². The van der Waals surface area contributed by atoms with E-state index in [-0.39, 0.29) is 6.10 Å². The van der Waals surface area contributed by atoms with E-state index in [2.05, 4.69) is 70.2 Å². The highest BCUT2D eigenvalue weighted by Gasteiger charge is 2.24. The van der Waals surface area contributed by atoms with Crippen LogP contribution in [0.5, 0.6) is 0 Å². The highest BCUT2D eigenvalue weighted by atomic mass is 16.5. The average molecular weight is 403 g/mol. The number of pyridine rings is 2. The first-order chi connectivity index (χ1) is 14.6. The van der Waals surface area contributed by atoms with Crippen molar-refractivity contribution in [1.82, 2.24) is 14.9 Å². The predicted molar refractivity (Wildman–Crippen MR) is 121 cm³/mol. The number of morpholine rings is 1. The van der Waals surface area contributed by atoms with Crippen molar-refractivity contribution in [2.45, 2.75) is 26.0 Å². The Morgan fingerprint density at radius 2 is 1.87 bits per heavy atom. The van der Waals surface area contributed by atoms with Crippen molar-refractivity contribution in [3.63, 3.8) is 0 Å². The van der Waals surface area contributed by atoms with Gasteiger partial charge < -0.3 is 9.64 Å². The first kappa shape index (κ1) is 20.5. The summed E-state index contributed by atoms with van der Waals surface area (Å²) in [5.74, 6) is 1.03. The summed E-state index contributed by atoms with van der Waals surface area (Å²) in [6, 6.07) is 19.0. The summed E-state index contributed by atoms with van der Waals surface area (Å²) < 4.78 is 6.11. The zero-order chi connectivity index (χ0) is 20.9. The molecule has 3 aromatic rings. The number of rotatable bonds is 6. The third-order valence-electron chi connectivity index (χ3n) is 5.63. The molecule has 0 N–H and O–H groups in total. The molecule has 4 rings (SSSR count). The van der Waals surface area contributed by atoms with Gasteiger partial charge in [0, 0.05) is 57.6 Å². The van der Waals surface area contributed by atoms with Crippen LogP contribution in [0.15, 0.2) is 60.8 Å². The van der Waals surface area contributed by atoms with Crippen molar-refractivity contribution in [3.8, 4) is 0 Å². The molecule has 0 saturated carbocycles. The second-order valence-corrected chi connectivity index (χ2v) is 8.13. The summed E-state index contributed by atoms with van der Waals surface area (Å²) in [4.78, 5) is 14.0. The van der Waals surface area contributed by atoms with Crippen LogP contribution in [0.3, 0.4) is 0 Å². The predicted octanol–water partition coefficient (Wildman–Crippen LogP) is 4.02. The van der Waals surface area contributed by atoms with Gasteiger partial charge in [-0.3, -0.25) is 9.88 Å². The van der Waals surface area contributed by atoms with E-state index in [1.165, 1.54) is 16.7 Å². The number of aryl methyl sites for hydroxylation is 1. The molecule has 1 fully saturated rings. The van der Waals surface area contributed by atoms with Crippen molar-refractivity contribution in [1.29, 1.82) is 0 Å². The summed E-state index contributed by atoms with van der Waals surface area (Å²) in [6.07, 6.45) is 2.69. The monoisotopic (exact) mass is 402 g/mol. The summed E-state index contributed by atoms with van der Waals surface area (Å²) in [5.41, 5.74) is 5.97. The standard InChI is InChI=1S/C25H30N4O/c1-19-8-4-5-9-20(19)16-22-11-6-12-23(27-22)24-18-29(14-15-30-24)17-21-10-7-13-26-25(21)28(2)3/h4-13,24H,14-18H2,1-3H3. The maximum Gasteiger partial charge on any atom is 0.132 e. The third-order valence-corrected chi connectivity index (χ3v) is 5.63. The van der Waals surface area contributed by atoms with E-state index in [0.29, 0.717) is 6.61 Å². The zero-order valence-electron chi connectivity index (χ0n) is 18.1. The van der Waals surface area contributed by atoms with Crippen LogP contribution in [-0.2, 0) is 17.7 Å². The smallest absolute Gasteiger partial charge is 0.132 e. The zero-order valence-corrected chi connectivity index (χ0v) is 18.1. The summed E-state index contributed by atoms with van der Waals surface area (Å²) >= 11 is 0. The molecule has 30 heavy (non-hydrogen) atoms. The van der Waals surface area contributed by atoms with Gasteiger partial charge in [-0.1, -0.05) is 36.4 Å². The first-order valence-electron chi connectivity index (χ1n) is 10.6. The molecule has 0 spiro atoms. The van der Waals surface area contributed by atoms with Crippen molar-refractivity contribution < 1.29 is 4.74 Å². The van der Waals surface area contributed by atoms with Crippen molar-refractivity contribution in [3.05, 3.63) is 88.9 Å². The lowest BCUT2D eigenvalue weighted by molar-refractivity contribution is -0.0350. The number of hydrogen-bond donors (Lipinski definition) is 0. The Morgan fingerprint density at radius 3 is 2.70 bits per heavy atom. The fourth-order valence-electron chi connectivity index (χ4n) is 4.00. The summed E-state index contributed by atoms with van der Waals surface area (Å²) in [5, 5.41) is 0. The number of nitrogens with zero attached hydrogens (tertiary/aromatic N) is 4. The molecule has 1 atom stereocenters. The van der Waals surface area contributed by atoms with Gasteiger partial charge >= 0.3 is 0 Å². The molecule has 5 nitrogen and oxygen atoms in total. The SMILES string of the molecule is Cc1ccccc1Cc1cccc(C2CN(Cc3cccnc3N(C)C)CCO2)n1. The molecule has 3 heterocycles. The molecule has 0 aliphatic carbocycles. The maximum absolute atomic E-state index is 6.11. The Kier molecular flexibility index (Phi) is 6.41. The molecular weight excluding hydrogens is 372 g/mol. The van der Waals surface area contributed by atoms with Crippen LogP contribution >= 0.6 is 0 Å². The van der Waals surface area contributed by atoms with E-state index < -0.39 is 0 Å². The van der Waals surface area contributed by atoms with Gasteiger partial charge in [0.05, 0.1) is 12.3 Å². The Balaban J connectivity index is 1.47. The fourth-order valence-corrected chi connectivity index (χ4v) is 4.00. The molecule has 2 aromatic heterocycles. The van der Waals surface area contributed by atoms with Crippen LogP contribution < -0.4 is 4.90 Å². The normalized spacial score (nSPS) is 17.1. The van der Waals surface area contributed by atoms with Crippen LogP contribution in [0.25, 0.3) is 0 Å². The number of benzene rings is 1. The van der Waals surface area contributed by atoms with E-state index in [1.54, 1.807) is 0 Å². The van der Waals surface area contributed by atoms with Gasteiger partial charge in [0.15, 0.2) is 0 Å². The van der Waals surface area contributed by atoms with Gasteiger partial charge in [0.1, 0.15) is 11.9 Å². The van der Waals surface area contributed by atoms with Crippen LogP contribution in [0, 0.1) is 6.92 Å². The summed E-state index contributed by atoms with van der Waals surface area (Å²) in [6.45, 7) is 5.49. The number of anilines is 1. The number of ether oxygens (including phenoxy) is 1. The summed E-state index contributed by atoms with van der Waals surface area (Å²) in [7, 11) is 4.08. The lowest BCUT2D eigenvalue weighted by Crippen LogP contribution is -2.38. The van der Waals surface area contributed by atoms with Gasteiger partial charge in [0.25, 0.3) is 0 Å². The number of aromatic nitrogens is 2. The third kappa shape index (κ3) is 4.86. The molecule has 0 bridgehead atoms. The Hall–Kier alpha value is -2.76. The minimum Gasteiger partial charge on any atom is -0.369 e. The van der Waals surface area contributed by atoms with Gasteiger partial charge in [-0.15, -0.1) is 0 Å². The Morgan fingerprint density at radius 1 is 1.03 bits per heavy atom. The van der Waals surface area contributed by atoms with Crippen LogP contribution in [0.2, 0.25) is 0 Å². The number of hydrogen-bond acceptors (Lipinski definition) is 5. The second-order valence-electron chi connectivity index (χ2n) is 8.13. The minimum absolute atomic E-state index is 0.00459. The van der Waals surface area contributed by atoms with Gasteiger partial charge in [-0.2, -0.15) is 0 Å². The molecule has 0 radical (unpaired) electrons. The molecule has 0 amide bonds. The van der Waals surface area contributed by atoms with E-state index in [0.717, 1.165) is 43.3 Å². The van der Waals surface area contributed by atoms with Gasteiger partial charge in [-0.25, -0.2) is 4.98 Å². The minimum atomic E-state index is -0.00459. The van der Waals surface area contributed by atoms with Crippen LogP contribution in [0.1, 0.15) is 34.2 Å². The van der Waals surface area contributed by atoms with Crippen LogP contribution in [0.4, 0.5) is 5.82 Å². The molecule has 5 heteroatoms. The lowest BCUT2D eigenvalue weighted by Gasteiger charge is -2.33.